The van der Waals surface area contributed by atoms with Crippen LogP contribution in [-0.4, -0.2) is 76.2 Å². The quantitative estimate of drug-likeness (QED) is 0.113. The second kappa shape index (κ2) is 19.8. The third-order valence-corrected chi connectivity index (χ3v) is 8.71. The number of rotatable bonds is 18. The molecule has 0 aliphatic heterocycles. The summed E-state index contributed by atoms with van der Waals surface area (Å²) in [5.74, 6) is -6.73. The summed E-state index contributed by atoms with van der Waals surface area (Å²) in [5.41, 5.74) is 0.328. The molecule has 0 bridgehead atoms. The number of benzene rings is 2. The van der Waals surface area contributed by atoms with Crippen molar-refractivity contribution in [3.8, 4) is 5.75 Å². The zero-order valence-corrected chi connectivity index (χ0v) is 29.3. The zero-order valence-electron chi connectivity index (χ0n) is 29.3. The molecule has 276 valence electrons. The molecule has 2 aromatic rings. The van der Waals surface area contributed by atoms with Crippen molar-refractivity contribution in [1.82, 2.24) is 26.6 Å². The number of hydrogen-bond donors (Lipinski definition) is 7. The van der Waals surface area contributed by atoms with Crippen LogP contribution in [0.3, 0.4) is 0 Å². The van der Waals surface area contributed by atoms with Crippen LogP contribution in [-0.2, 0) is 28.8 Å². The Bertz CT molecular complexity index is 1540. The Labute approximate surface area is 297 Å². The molecule has 14 heteroatoms. The van der Waals surface area contributed by atoms with Crippen LogP contribution in [0.15, 0.2) is 54.6 Å². The number of carboxylic acid groups (broad SMARTS) is 1. The van der Waals surface area contributed by atoms with E-state index in [1.807, 2.05) is 13.8 Å². The number of hydrogen-bond acceptors (Lipinski definition) is 8. The molecule has 0 heterocycles. The molecule has 0 radical (unpaired) electrons. The first-order valence-corrected chi connectivity index (χ1v) is 17.4. The van der Waals surface area contributed by atoms with E-state index in [4.69, 9.17) is 0 Å². The monoisotopic (exact) mass is 707 g/mol. The molecule has 1 unspecified atom stereocenters. The predicted molar refractivity (Wildman–Crippen MR) is 187 cm³/mol. The van der Waals surface area contributed by atoms with Gasteiger partial charge >= 0.3 is 5.97 Å². The normalized spacial score (nSPS) is 15.4. The Kier molecular flexibility index (Phi) is 15.6. The number of amides is 5. The maximum absolute atomic E-state index is 13.8. The van der Waals surface area contributed by atoms with E-state index in [9.17, 15) is 43.8 Å². The van der Waals surface area contributed by atoms with Gasteiger partial charge in [0.2, 0.25) is 23.5 Å². The number of Topliss-reactive ketones (excluding diaryl/α,β-unsaturated/α-hetero) is 1. The third kappa shape index (κ3) is 12.2. The molecule has 0 aromatic heterocycles. The molecule has 4 atom stereocenters. The molecule has 1 saturated carbocycles. The lowest BCUT2D eigenvalue weighted by Crippen LogP contribution is -2.58. The number of nitrogens with one attached hydrogen (secondary N) is 5. The van der Waals surface area contributed by atoms with E-state index >= 15 is 0 Å². The Balaban J connectivity index is 1.69. The fraction of sp³-hybridized carbons (Fsp3) is 0.486. The van der Waals surface area contributed by atoms with E-state index in [0.29, 0.717) is 24.8 Å². The number of phenolic OH excluding ortho intramolecular Hbond substituents is 1. The summed E-state index contributed by atoms with van der Waals surface area (Å²) in [4.78, 5) is 90.9. The van der Waals surface area contributed by atoms with Crippen LogP contribution in [0.25, 0.3) is 0 Å². The number of aromatic hydroxyl groups is 1. The summed E-state index contributed by atoms with van der Waals surface area (Å²) < 4.78 is 0. The third-order valence-electron chi connectivity index (χ3n) is 8.71. The fourth-order valence-corrected chi connectivity index (χ4v) is 6.09. The van der Waals surface area contributed by atoms with Gasteiger partial charge in [-0.05, 0) is 55.2 Å². The van der Waals surface area contributed by atoms with Crippen molar-refractivity contribution in [3.05, 3.63) is 65.7 Å². The number of carbonyl (C=O) groups is 7. The second-order valence-corrected chi connectivity index (χ2v) is 13.2. The lowest BCUT2D eigenvalue weighted by molar-refractivity contribution is -0.142. The second-order valence-electron chi connectivity index (χ2n) is 13.2. The molecule has 1 aliphatic carbocycles. The Morgan fingerprint density at radius 3 is 2.02 bits per heavy atom. The van der Waals surface area contributed by atoms with Gasteiger partial charge in [0, 0.05) is 0 Å². The molecule has 7 N–H and O–H groups in total. The lowest BCUT2D eigenvalue weighted by Gasteiger charge is -2.32. The van der Waals surface area contributed by atoms with Crippen LogP contribution in [0.4, 0.5) is 0 Å². The summed E-state index contributed by atoms with van der Waals surface area (Å²) in [7, 11) is 0. The van der Waals surface area contributed by atoms with Crippen LogP contribution in [0, 0.1) is 11.8 Å². The van der Waals surface area contributed by atoms with E-state index in [2.05, 4.69) is 26.6 Å². The number of ketones is 1. The van der Waals surface area contributed by atoms with Crippen molar-refractivity contribution in [2.24, 2.45) is 11.8 Å². The van der Waals surface area contributed by atoms with Crippen molar-refractivity contribution < 1.29 is 43.8 Å². The summed E-state index contributed by atoms with van der Waals surface area (Å²) in [5, 5.41) is 32.4. The highest BCUT2D eigenvalue weighted by Gasteiger charge is 2.36. The first-order valence-electron chi connectivity index (χ1n) is 17.4. The standard InChI is InChI=1S/C37H49N5O9/c1-4-13-26(32(45)36(49)38-21-29(44)41-31(37(50)51)24-16-9-6-10-17-24)39-34(47)27(20-22(2)3)40-35(48)30(23-14-7-5-8-15-23)42-33(46)25-18-11-12-19-28(25)43/h6,9-12,16-19,22-23,26-27,30-31,43H,4-5,7-8,13-15,20-21H2,1-3H3,(H,38,49)(H,39,47)(H,40,48)(H,41,44)(H,42,46)(H,50,51)/t26?,27-,30-,31-/m0/s1. The topological polar surface area (TPSA) is 220 Å². The van der Waals surface area contributed by atoms with Crippen molar-refractivity contribution in [2.45, 2.75) is 96.3 Å². The van der Waals surface area contributed by atoms with Crippen molar-refractivity contribution in [1.29, 1.82) is 0 Å². The highest BCUT2D eigenvalue weighted by atomic mass is 16.4. The molecule has 1 aliphatic rings. The van der Waals surface area contributed by atoms with E-state index in [1.165, 1.54) is 24.3 Å². The first-order chi connectivity index (χ1) is 24.3. The molecule has 1 fully saturated rings. The van der Waals surface area contributed by atoms with Gasteiger partial charge in [0.25, 0.3) is 11.8 Å². The minimum Gasteiger partial charge on any atom is -0.507 e. The van der Waals surface area contributed by atoms with Gasteiger partial charge in [-0.15, -0.1) is 0 Å². The summed E-state index contributed by atoms with van der Waals surface area (Å²) in [6, 6.07) is 9.20. The minimum atomic E-state index is -1.37. The van der Waals surface area contributed by atoms with Gasteiger partial charge in [0.15, 0.2) is 6.04 Å². The summed E-state index contributed by atoms with van der Waals surface area (Å²) in [6.07, 6.45) is 4.79. The molecular weight excluding hydrogens is 658 g/mol. The van der Waals surface area contributed by atoms with Gasteiger partial charge in [-0.1, -0.05) is 88.9 Å². The summed E-state index contributed by atoms with van der Waals surface area (Å²) in [6.45, 7) is 4.77. The van der Waals surface area contributed by atoms with Crippen LogP contribution < -0.4 is 26.6 Å². The van der Waals surface area contributed by atoms with Gasteiger partial charge in [0.1, 0.15) is 17.8 Å². The van der Waals surface area contributed by atoms with Crippen LogP contribution in [0.5, 0.6) is 5.75 Å². The highest BCUT2D eigenvalue weighted by Crippen LogP contribution is 2.28. The van der Waals surface area contributed by atoms with Gasteiger partial charge in [-0.25, -0.2) is 4.79 Å². The van der Waals surface area contributed by atoms with E-state index < -0.39 is 72.0 Å². The van der Waals surface area contributed by atoms with E-state index in [0.717, 1.165) is 19.3 Å². The molecule has 2 aromatic carbocycles. The van der Waals surface area contributed by atoms with Crippen LogP contribution in [0.2, 0.25) is 0 Å². The highest BCUT2D eigenvalue weighted by molar-refractivity contribution is 6.38. The van der Waals surface area contributed by atoms with Crippen molar-refractivity contribution in [3.63, 3.8) is 0 Å². The molecule has 0 saturated heterocycles. The number of aliphatic carboxylic acids is 1. The van der Waals surface area contributed by atoms with E-state index in [1.54, 1.807) is 37.3 Å². The van der Waals surface area contributed by atoms with E-state index in [-0.39, 0.29) is 36.0 Å². The Morgan fingerprint density at radius 1 is 0.784 bits per heavy atom. The minimum absolute atomic E-state index is 0.0113. The molecule has 5 amide bonds. The molecule has 0 spiro atoms. The van der Waals surface area contributed by atoms with Gasteiger partial charge in [-0.3, -0.25) is 28.8 Å². The number of carbonyl (C=O) groups excluding carboxylic acids is 6. The first kappa shape index (κ1) is 40.2. The van der Waals surface area contributed by atoms with Crippen molar-refractivity contribution >= 4 is 41.3 Å². The average Bonchev–Trinajstić information content (AvgIpc) is 3.11. The van der Waals surface area contributed by atoms with Gasteiger partial charge in [0.05, 0.1) is 18.2 Å². The largest absolute Gasteiger partial charge is 0.507 e. The maximum atomic E-state index is 13.8. The number of phenols is 1. The number of carboxylic acids is 1. The fourth-order valence-electron chi connectivity index (χ4n) is 6.09. The van der Waals surface area contributed by atoms with Gasteiger partial charge < -0.3 is 36.8 Å². The summed E-state index contributed by atoms with van der Waals surface area (Å²) >= 11 is 0. The Hall–Kier alpha value is -5.27. The molecule has 14 nitrogen and oxygen atoms in total. The number of para-hydroxylation sites is 1. The van der Waals surface area contributed by atoms with Crippen molar-refractivity contribution in [2.75, 3.05) is 6.54 Å². The Morgan fingerprint density at radius 2 is 1.41 bits per heavy atom. The predicted octanol–water partition coefficient (Wildman–Crippen LogP) is 2.51. The molecule has 51 heavy (non-hydrogen) atoms. The lowest BCUT2D eigenvalue weighted by atomic mass is 9.83. The SMILES string of the molecule is CCCC(NC(=O)[C@H](CC(C)C)NC(=O)[C@@H](NC(=O)c1ccccc1O)C1CCCCC1)C(=O)C(=O)NCC(=O)N[C@H](C(=O)O)c1ccccc1. The molecular formula is C37H49N5O9. The van der Waals surface area contributed by atoms with Crippen LogP contribution >= 0.6 is 0 Å². The smallest absolute Gasteiger partial charge is 0.330 e. The molecule has 3 rings (SSSR count). The zero-order chi connectivity index (χ0) is 37.5. The average molecular weight is 708 g/mol. The van der Waals surface area contributed by atoms with Crippen LogP contribution in [0.1, 0.15) is 94.1 Å². The van der Waals surface area contributed by atoms with Gasteiger partial charge in [-0.2, -0.15) is 0 Å². The maximum Gasteiger partial charge on any atom is 0.330 e.